The van der Waals surface area contributed by atoms with Gasteiger partial charge in [-0.2, -0.15) is 0 Å². The molecule has 0 spiro atoms. The van der Waals surface area contributed by atoms with Crippen molar-refractivity contribution < 1.29 is 33.3 Å². The molecule has 0 aromatic heterocycles. The van der Waals surface area contributed by atoms with Gasteiger partial charge < -0.3 is 29.2 Å². The zero-order valence-corrected chi connectivity index (χ0v) is 16.7. The fraction of sp³-hybridized carbons (Fsp3) is 0.286. The Morgan fingerprint density at radius 1 is 1.07 bits per heavy atom. The molecule has 0 unspecified atom stereocenters. The molecule has 3 rings (SSSR count). The summed E-state index contributed by atoms with van der Waals surface area (Å²) in [5, 5.41) is 2.68. The Morgan fingerprint density at radius 3 is 2.60 bits per heavy atom. The zero-order valence-electron chi connectivity index (χ0n) is 16.7. The maximum atomic E-state index is 12.2. The van der Waals surface area contributed by atoms with Crippen LogP contribution >= 0.6 is 0 Å². The third kappa shape index (κ3) is 5.40. The van der Waals surface area contributed by atoms with Gasteiger partial charge in [-0.3, -0.25) is 9.59 Å². The molecule has 0 aliphatic carbocycles. The second kappa shape index (κ2) is 9.64. The molecule has 2 aromatic carbocycles. The molecule has 158 valence electrons. The highest BCUT2D eigenvalue weighted by Gasteiger charge is 2.19. The van der Waals surface area contributed by atoms with Crippen molar-refractivity contribution in [3.63, 3.8) is 0 Å². The summed E-state index contributed by atoms with van der Waals surface area (Å²) in [6.07, 6.45) is 0. The number of methoxy groups -OCH3 is 1. The van der Waals surface area contributed by atoms with Gasteiger partial charge in [0.1, 0.15) is 19.0 Å². The standard InChI is InChI=1S/C21H22N2O7/c1-23(12-19(24)22-15-4-3-5-16(11-15)27-2)20(25)13-30-21(26)14-6-7-17-18(10-14)29-9-8-28-17/h3-7,10-11H,8-9,12-13H2,1-2H3,(H,22,24). The lowest BCUT2D eigenvalue weighted by molar-refractivity contribution is -0.136. The van der Waals surface area contributed by atoms with Gasteiger partial charge in [-0.05, 0) is 30.3 Å². The van der Waals surface area contributed by atoms with E-state index in [1.54, 1.807) is 30.3 Å². The largest absolute Gasteiger partial charge is 0.497 e. The Morgan fingerprint density at radius 2 is 1.83 bits per heavy atom. The van der Waals surface area contributed by atoms with Gasteiger partial charge in [0.15, 0.2) is 18.1 Å². The first kappa shape index (κ1) is 21.0. The Kier molecular flexibility index (Phi) is 6.74. The van der Waals surface area contributed by atoms with Gasteiger partial charge >= 0.3 is 5.97 Å². The highest BCUT2D eigenvalue weighted by atomic mass is 16.6. The van der Waals surface area contributed by atoms with Gasteiger partial charge in [0.2, 0.25) is 5.91 Å². The van der Waals surface area contributed by atoms with Crippen molar-refractivity contribution in [1.29, 1.82) is 0 Å². The Labute approximate surface area is 173 Å². The van der Waals surface area contributed by atoms with E-state index in [9.17, 15) is 14.4 Å². The van der Waals surface area contributed by atoms with E-state index in [4.69, 9.17) is 18.9 Å². The Hall–Kier alpha value is -3.75. The molecular formula is C21H22N2O7. The summed E-state index contributed by atoms with van der Waals surface area (Å²) in [5.74, 6) is 0.0285. The van der Waals surface area contributed by atoms with Crippen LogP contribution in [0.25, 0.3) is 0 Å². The van der Waals surface area contributed by atoms with Crippen LogP contribution in [0.4, 0.5) is 5.69 Å². The number of nitrogens with one attached hydrogen (secondary N) is 1. The molecule has 0 bridgehead atoms. The van der Waals surface area contributed by atoms with Crippen molar-refractivity contribution in [2.75, 3.05) is 45.8 Å². The number of hydrogen-bond acceptors (Lipinski definition) is 7. The number of amides is 2. The third-order valence-electron chi connectivity index (χ3n) is 4.26. The van der Waals surface area contributed by atoms with Crippen LogP contribution in [-0.4, -0.2) is 63.2 Å². The minimum Gasteiger partial charge on any atom is -0.497 e. The van der Waals surface area contributed by atoms with Gasteiger partial charge in [-0.1, -0.05) is 6.07 Å². The number of hydrogen-bond donors (Lipinski definition) is 1. The average Bonchev–Trinajstić information content (AvgIpc) is 2.76. The highest BCUT2D eigenvalue weighted by Crippen LogP contribution is 2.30. The first-order valence-electron chi connectivity index (χ1n) is 9.21. The van der Waals surface area contributed by atoms with E-state index in [0.29, 0.717) is 36.1 Å². The third-order valence-corrected chi connectivity index (χ3v) is 4.26. The number of likely N-dealkylation sites (N-methyl/N-ethyl adjacent to an activating group) is 1. The van der Waals surface area contributed by atoms with E-state index in [1.165, 1.54) is 31.2 Å². The van der Waals surface area contributed by atoms with Crippen LogP contribution in [0.1, 0.15) is 10.4 Å². The van der Waals surface area contributed by atoms with E-state index in [2.05, 4.69) is 5.32 Å². The van der Waals surface area contributed by atoms with Gasteiger partial charge in [-0.25, -0.2) is 4.79 Å². The van der Waals surface area contributed by atoms with Crippen molar-refractivity contribution in [3.8, 4) is 17.2 Å². The number of ether oxygens (including phenoxy) is 4. The van der Waals surface area contributed by atoms with Crippen LogP contribution < -0.4 is 19.5 Å². The van der Waals surface area contributed by atoms with Crippen LogP contribution in [0.5, 0.6) is 17.2 Å². The summed E-state index contributed by atoms with van der Waals surface area (Å²) in [4.78, 5) is 37.7. The minimum absolute atomic E-state index is 0.197. The van der Waals surface area contributed by atoms with Crippen molar-refractivity contribution >= 4 is 23.5 Å². The van der Waals surface area contributed by atoms with E-state index in [-0.39, 0.29) is 12.1 Å². The minimum atomic E-state index is -0.672. The van der Waals surface area contributed by atoms with Crippen molar-refractivity contribution in [3.05, 3.63) is 48.0 Å². The predicted octanol–water partition coefficient (Wildman–Crippen LogP) is 1.72. The molecule has 2 amide bonds. The van der Waals surface area contributed by atoms with E-state index in [1.807, 2.05) is 0 Å². The lowest BCUT2D eigenvalue weighted by Crippen LogP contribution is -2.37. The molecule has 9 nitrogen and oxygen atoms in total. The molecule has 0 atom stereocenters. The second-order valence-electron chi connectivity index (χ2n) is 6.46. The molecule has 1 aliphatic heterocycles. The smallest absolute Gasteiger partial charge is 0.338 e. The number of carbonyl (C=O) groups excluding carboxylic acids is 3. The van der Waals surface area contributed by atoms with Crippen molar-refractivity contribution in [2.24, 2.45) is 0 Å². The van der Waals surface area contributed by atoms with Gasteiger partial charge in [-0.15, -0.1) is 0 Å². The maximum Gasteiger partial charge on any atom is 0.338 e. The summed E-state index contributed by atoms with van der Waals surface area (Å²) in [6.45, 7) is 0.156. The molecule has 1 aliphatic rings. The Balaban J connectivity index is 1.48. The monoisotopic (exact) mass is 414 g/mol. The average molecular weight is 414 g/mol. The first-order valence-corrected chi connectivity index (χ1v) is 9.21. The normalized spacial score (nSPS) is 11.9. The number of benzene rings is 2. The van der Waals surface area contributed by atoms with Crippen LogP contribution in [0.2, 0.25) is 0 Å². The lowest BCUT2D eigenvalue weighted by atomic mass is 10.2. The summed E-state index contributed by atoms with van der Waals surface area (Å²) in [5.41, 5.74) is 0.788. The van der Waals surface area contributed by atoms with Gasteiger partial charge in [0.25, 0.3) is 5.91 Å². The molecule has 2 aromatic rings. The van der Waals surface area contributed by atoms with E-state index < -0.39 is 24.4 Å². The van der Waals surface area contributed by atoms with Crippen LogP contribution in [-0.2, 0) is 14.3 Å². The fourth-order valence-corrected chi connectivity index (χ4v) is 2.70. The molecule has 0 radical (unpaired) electrons. The summed E-state index contributed by atoms with van der Waals surface area (Å²) in [6, 6.07) is 11.5. The molecule has 0 saturated heterocycles. The fourth-order valence-electron chi connectivity index (χ4n) is 2.70. The first-order chi connectivity index (χ1) is 14.5. The quantitative estimate of drug-likeness (QED) is 0.688. The van der Waals surface area contributed by atoms with Crippen LogP contribution in [0, 0.1) is 0 Å². The predicted molar refractivity (Wildman–Crippen MR) is 107 cm³/mol. The number of fused-ring (bicyclic) bond motifs is 1. The maximum absolute atomic E-state index is 12.2. The number of nitrogens with zero attached hydrogens (tertiary/aromatic N) is 1. The topological polar surface area (TPSA) is 103 Å². The van der Waals surface area contributed by atoms with E-state index in [0.717, 1.165) is 0 Å². The molecule has 1 N–H and O–H groups in total. The zero-order chi connectivity index (χ0) is 21.5. The van der Waals surface area contributed by atoms with Crippen molar-refractivity contribution in [2.45, 2.75) is 0 Å². The summed E-state index contributed by atoms with van der Waals surface area (Å²) in [7, 11) is 2.98. The number of carbonyl (C=O) groups is 3. The molecular weight excluding hydrogens is 392 g/mol. The number of anilines is 1. The molecule has 9 heteroatoms. The van der Waals surface area contributed by atoms with Crippen LogP contribution in [0.15, 0.2) is 42.5 Å². The highest BCUT2D eigenvalue weighted by molar-refractivity contribution is 5.95. The summed E-state index contributed by atoms with van der Waals surface area (Å²) >= 11 is 0. The number of rotatable bonds is 7. The molecule has 0 saturated carbocycles. The van der Waals surface area contributed by atoms with Crippen LogP contribution in [0.3, 0.4) is 0 Å². The number of esters is 1. The second-order valence-corrected chi connectivity index (χ2v) is 6.46. The molecule has 30 heavy (non-hydrogen) atoms. The summed E-state index contributed by atoms with van der Waals surface area (Å²) < 4.78 is 21.0. The van der Waals surface area contributed by atoms with Crippen molar-refractivity contribution in [1.82, 2.24) is 4.90 Å². The lowest BCUT2D eigenvalue weighted by Gasteiger charge is -2.19. The van der Waals surface area contributed by atoms with Gasteiger partial charge in [0.05, 0.1) is 19.2 Å². The Bertz CT molecular complexity index is 945. The van der Waals surface area contributed by atoms with Gasteiger partial charge in [0, 0.05) is 18.8 Å². The SMILES string of the molecule is COc1cccc(NC(=O)CN(C)C(=O)COC(=O)c2ccc3c(c2)OCCO3)c1. The molecule has 0 fully saturated rings. The molecule has 1 heterocycles. The van der Waals surface area contributed by atoms with E-state index >= 15 is 0 Å².